The predicted molar refractivity (Wildman–Crippen MR) is 302 cm³/mol. The molecule has 1 unspecified atom stereocenters. The normalized spacial score (nSPS) is 12.4. The molecule has 70 heavy (non-hydrogen) atoms. The minimum Gasteiger partial charge on any atom is -0.462 e. The molecule has 0 spiro atoms. The Balaban J connectivity index is 4.37. The lowest BCUT2D eigenvalue weighted by molar-refractivity contribution is -0.167. The molecule has 6 nitrogen and oxygen atoms in total. The first-order chi connectivity index (χ1) is 34.5. The van der Waals surface area contributed by atoms with Crippen LogP contribution < -0.4 is 0 Å². The van der Waals surface area contributed by atoms with E-state index in [0.29, 0.717) is 19.3 Å². The molecular formula is C64H114O6. The summed E-state index contributed by atoms with van der Waals surface area (Å²) in [4.78, 5) is 38.2. The molecule has 6 heteroatoms. The van der Waals surface area contributed by atoms with Crippen LogP contribution in [0.25, 0.3) is 0 Å². The van der Waals surface area contributed by atoms with Crippen molar-refractivity contribution in [3.63, 3.8) is 0 Å². The molecule has 0 aliphatic carbocycles. The second kappa shape index (κ2) is 58.7. The first kappa shape index (κ1) is 67.1. The third kappa shape index (κ3) is 56.0. The SMILES string of the molecule is CC/C=C\C/C=C\C/C=C\C/C=C\CCCCCCCCC(=O)OCC(COC(=O)CCCCCCC/C=C\CCCCCCC)OC(=O)CCCCCCCCCCCCCCCCCCCCC. The van der Waals surface area contributed by atoms with Crippen molar-refractivity contribution in [1.82, 2.24) is 0 Å². The standard InChI is InChI=1S/C64H114O6/c1-4-7-10-13-16-19-22-25-28-30-32-34-36-39-42-45-48-51-54-57-63(66)69-60-61(59-68-62(65)56-53-50-47-44-41-38-27-24-21-18-15-12-9-6-3)70-64(67)58-55-52-49-46-43-40-37-35-33-31-29-26-23-20-17-14-11-8-5-2/h7,10,16,19,24-25,27-28,32,34,61H,4-6,8-9,11-15,17-18,20-23,26,29-31,33,35-60H2,1-3H3/b10-7-,19-16-,27-24-,28-25-,34-32-. The summed E-state index contributed by atoms with van der Waals surface area (Å²) in [6.07, 6.45) is 73.6. The van der Waals surface area contributed by atoms with Gasteiger partial charge in [-0.15, -0.1) is 0 Å². The van der Waals surface area contributed by atoms with Gasteiger partial charge in [-0.1, -0.05) is 268 Å². The Kier molecular flexibility index (Phi) is 56.3. The molecule has 406 valence electrons. The Bertz CT molecular complexity index is 1260. The Labute approximate surface area is 434 Å². The molecule has 0 aromatic rings. The molecular weight excluding hydrogens is 865 g/mol. The smallest absolute Gasteiger partial charge is 0.306 e. The van der Waals surface area contributed by atoms with E-state index in [1.165, 1.54) is 173 Å². The Morgan fingerprint density at radius 2 is 0.557 bits per heavy atom. The molecule has 0 N–H and O–H groups in total. The second-order valence-electron chi connectivity index (χ2n) is 20.2. The molecule has 0 bridgehead atoms. The van der Waals surface area contributed by atoms with Gasteiger partial charge in [0.2, 0.25) is 0 Å². The number of carbonyl (C=O) groups is 3. The van der Waals surface area contributed by atoms with Crippen molar-refractivity contribution >= 4 is 17.9 Å². The number of allylic oxidation sites excluding steroid dienone is 10. The van der Waals surface area contributed by atoms with Crippen LogP contribution in [0.4, 0.5) is 0 Å². The van der Waals surface area contributed by atoms with E-state index in [0.717, 1.165) is 96.3 Å². The third-order valence-corrected chi connectivity index (χ3v) is 13.3. The maximum atomic E-state index is 12.9. The van der Waals surface area contributed by atoms with Gasteiger partial charge in [-0.3, -0.25) is 14.4 Å². The van der Waals surface area contributed by atoms with Gasteiger partial charge in [-0.2, -0.15) is 0 Å². The molecule has 0 aliphatic rings. The number of carbonyl (C=O) groups excluding carboxylic acids is 3. The molecule has 0 fully saturated rings. The van der Waals surface area contributed by atoms with Crippen LogP contribution in [0.1, 0.15) is 310 Å². The molecule has 0 aromatic carbocycles. The Morgan fingerprint density at radius 3 is 0.886 bits per heavy atom. The predicted octanol–water partition coefficient (Wildman–Crippen LogP) is 20.4. The van der Waals surface area contributed by atoms with Gasteiger partial charge in [0.05, 0.1) is 0 Å². The lowest BCUT2D eigenvalue weighted by Crippen LogP contribution is -2.30. The van der Waals surface area contributed by atoms with Crippen molar-refractivity contribution in [2.24, 2.45) is 0 Å². The summed E-state index contributed by atoms with van der Waals surface area (Å²) in [5.74, 6) is -0.886. The molecule has 0 saturated heterocycles. The summed E-state index contributed by atoms with van der Waals surface area (Å²) in [5.41, 5.74) is 0. The van der Waals surface area contributed by atoms with Crippen molar-refractivity contribution in [1.29, 1.82) is 0 Å². The van der Waals surface area contributed by atoms with Gasteiger partial charge >= 0.3 is 17.9 Å². The molecule has 0 heterocycles. The zero-order chi connectivity index (χ0) is 50.7. The van der Waals surface area contributed by atoms with Crippen LogP contribution in [0, 0.1) is 0 Å². The highest BCUT2D eigenvalue weighted by Crippen LogP contribution is 2.17. The van der Waals surface area contributed by atoms with E-state index in [4.69, 9.17) is 14.2 Å². The van der Waals surface area contributed by atoms with Gasteiger partial charge in [-0.05, 0) is 83.5 Å². The molecule has 1 atom stereocenters. The van der Waals surface area contributed by atoms with Crippen molar-refractivity contribution in [2.45, 2.75) is 316 Å². The fourth-order valence-corrected chi connectivity index (χ4v) is 8.72. The van der Waals surface area contributed by atoms with Crippen LogP contribution in [0.3, 0.4) is 0 Å². The van der Waals surface area contributed by atoms with E-state index >= 15 is 0 Å². The number of hydrogen-bond donors (Lipinski definition) is 0. The molecule has 0 aromatic heterocycles. The summed E-state index contributed by atoms with van der Waals surface area (Å²) in [7, 11) is 0. The minimum absolute atomic E-state index is 0.0805. The number of esters is 3. The molecule has 0 aliphatic heterocycles. The third-order valence-electron chi connectivity index (χ3n) is 13.3. The van der Waals surface area contributed by atoms with Gasteiger partial charge in [-0.25, -0.2) is 0 Å². The van der Waals surface area contributed by atoms with Crippen LogP contribution >= 0.6 is 0 Å². The molecule has 0 radical (unpaired) electrons. The highest BCUT2D eigenvalue weighted by atomic mass is 16.6. The van der Waals surface area contributed by atoms with Crippen LogP contribution in [-0.2, 0) is 28.6 Å². The van der Waals surface area contributed by atoms with Crippen LogP contribution in [0.2, 0.25) is 0 Å². The number of ether oxygens (including phenoxy) is 3. The van der Waals surface area contributed by atoms with Crippen LogP contribution in [0.15, 0.2) is 60.8 Å². The summed E-state index contributed by atoms with van der Waals surface area (Å²) >= 11 is 0. The topological polar surface area (TPSA) is 78.9 Å². The minimum atomic E-state index is -0.782. The van der Waals surface area contributed by atoms with E-state index in [9.17, 15) is 14.4 Å². The number of hydrogen-bond acceptors (Lipinski definition) is 6. The Morgan fingerprint density at radius 1 is 0.300 bits per heavy atom. The van der Waals surface area contributed by atoms with E-state index < -0.39 is 6.10 Å². The van der Waals surface area contributed by atoms with Crippen LogP contribution in [0.5, 0.6) is 0 Å². The quantitative estimate of drug-likeness (QED) is 0.0261. The monoisotopic (exact) mass is 979 g/mol. The summed E-state index contributed by atoms with van der Waals surface area (Å²) in [5, 5.41) is 0. The Hall–Kier alpha value is -2.89. The maximum Gasteiger partial charge on any atom is 0.306 e. The molecule has 0 saturated carbocycles. The summed E-state index contributed by atoms with van der Waals surface area (Å²) in [6.45, 7) is 6.54. The van der Waals surface area contributed by atoms with Crippen molar-refractivity contribution in [2.75, 3.05) is 13.2 Å². The highest BCUT2D eigenvalue weighted by molar-refractivity contribution is 5.71. The highest BCUT2D eigenvalue weighted by Gasteiger charge is 2.19. The first-order valence-electron chi connectivity index (χ1n) is 30.3. The summed E-state index contributed by atoms with van der Waals surface area (Å²) < 4.78 is 16.9. The number of rotatable bonds is 55. The van der Waals surface area contributed by atoms with Crippen molar-refractivity contribution in [3.8, 4) is 0 Å². The molecule has 0 rings (SSSR count). The van der Waals surface area contributed by atoms with E-state index in [1.807, 2.05) is 0 Å². The lowest BCUT2D eigenvalue weighted by Gasteiger charge is -2.18. The average molecular weight is 980 g/mol. The zero-order valence-electron chi connectivity index (χ0n) is 46.5. The summed E-state index contributed by atoms with van der Waals surface area (Å²) in [6, 6.07) is 0. The average Bonchev–Trinajstić information content (AvgIpc) is 3.36. The molecule has 0 amide bonds. The lowest BCUT2D eigenvalue weighted by atomic mass is 10.0. The van der Waals surface area contributed by atoms with E-state index in [-0.39, 0.29) is 31.1 Å². The van der Waals surface area contributed by atoms with Gasteiger partial charge < -0.3 is 14.2 Å². The van der Waals surface area contributed by atoms with E-state index in [1.54, 1.807) is 0 Å². The largest absolute Gasteiger partial charge is 0.462 e. The van der Waals surface area contributed by atoms with Gasteiger partial charge in [0.15, 0.2) is 6.10 Å². The van der Waals surface area contributed by atoms with Crippen molar-refractivity contribution in [3.05, 3.63) is 60.8 Å². The van der Waals surface area contributed by atoms with E-state index in [2.05, 4.69) is 81.5 Å². The fraction of sp³-hybridized carbons (Fsp3) is 0.797. The van der Waals surface area contributed by atoms with Crippen LogP contribution in [-0.4, -0.2) is 37.2 Å². The first-order valence-corrected chi connectivity index (χ1v) is 30.3. The fourth-order valence-electron chi connectivity index (χ4n) is 8.72. The van der Waals surface area contributed by atoms with Crippen molar-refractivity contribution < 1.29 is 28.6 Å². The van der Waals surface area contributed by atoms with Gasteiger partial charge in [0.1, 0.15) is 13.2 Å². The zero-order valence-corrected chi connectivity index (χ0v) is 46.5. The second-order valence-corrected chi connectivity index (χ2v) is 20.2. The van der Waals surface area contributed by atoms with Gasteiger partial charge in [0, 0.05) is 19.3 Å². The number of unbranched alkanes of at least 4 members (excludes halogenated alkanes) is 34. The maximum absolute atomic E-state index is 12.9. The van der Waals surface area contributed by atoms with Gasteiger partial charge in [0.25, 0.3) is 0 Å².